The number of fused-ring (bicyclic) bond motifs is 1. The van der Waals surface area contributed by atoms with Gasteiger partial charge in [-0.1, -0.05) is 41.9 Å². The number of aryl methyl sites for hydroxylation is 2. The topological polar surface area (TPSA) is 122 Å². The first-order chi connectivity index (χ1) is 17.5. The number of carbonyl (C=O) groups excluding carboxylic acids is 1. The minimum atomic E-state index is -0.772. The van der Waals surface area contributed by atoms with Gasteiger partial charge in [-0.3, -0.25) is 0 Å². The number of allylic oxidation sites excluding steroid dienone is 1. The molecular formula is C27H25ClN4O3S. The Morgan fingerprint density at radius 1 is 1.22 bits per heavy atom. The van der Waals surface area contributed by atoms with Crippen LogP contribution in [-0.2, 0) is 27.1 Å². The van der Waals surface area contributed by atoms with Gasteiger partial charge in [0.1, 0.15) is 28.5 Å². The molecule has 7 nitrogen and oxygen atoms in total. The predicted octanol–water partition coefficient (Wildman–Crippen LogP) is 5.29. The zero-order valence-corrected chi connectivity index (χ0v) is 21.4. The molecule has 184 valence electrons. The highest BCUT2D eigenvalue weighted by atomic mass is 35.5. The first-order valence-corrected chi connectivity index (χ1v) is 13.1. The fraction of sp³-hybridized carbons (Fsp3) is 0.333. The van der Waals surface area contributed by atoms with E-state index in [-0.39, 0.29) is 35.1 Å². The third kappa shape index (κ3) is 5.36. The highest BCUT2D eigenvalue weighted by molar-refractivity contribution is 7.99. The number of thioether (sulfide) groups is 1. The molecule has 4 rings (SSSR count). The van der Waals surface area contributed by atoms with E-state index in [0.717, 1.165) is 43.4 Å². The van der Waals surface area contributed by atoms with Gasteiger partial charge in [-0.15, -0.1) is 0 Å². The Morgan fingerprint density at radius 2 is 1.97 bits per heavy atom. The molecule has 0 spiro atoms. The zero-order chi connectivity index (χ0) is 25.7. The Hall–Kier alpha value is -3.46. The number of nitriles is 2. The van der Waals surface area contributed by atoms with Crippen molar-refractivity contribution in [1.29, 1.82) is 10.5 Å². The molecule has 2 aliphatic rings. The van der Waals surface area contributed by atoms with E-state index < -0.39 is 11.9 Å². The number of benzene rings is 1. The Labute approximate surface area is 219 Å². The van der Waals surface area contributed by atoms with Gasteiger partial charge in [0.15, 0.2) is 0 Å². The number of nitrogens with two attached hydrogens (primary N) is 1. The summed E-state index contributed by atoms with van der Waals surface area (Å²) in [5.41, 5.74) is 9.77. The normalized spacial score (nSPS) is 17.4. The lowest BCUT2D eigenvalue weighted by Gasteiger charge is -2.28. The summed E-state index contributed by atoms with van der Waals surface area (Å²) < 4.78 is 11.2. The number of aromatic nitrogens is 1. The Kier molecular flexibility index (Phi) is 8.20. The van der Waals surface area contributed by atoms with Crippen molar-refractivity contribution in [3.8, 4) is 12.1 Å². The number of carbonyl (C=O) groups is 1. The van der Waals surface area contributed by atoms with E-state index in [0.29, 0.717) is 21.2 Å². The summed E-state index contributed by atoms with van der Waals surface area (Å²) >= 11 is 7.37. The second kappa shape index (κ2) is 11.5. The lowest BCUT2D eigenvalue weighted by atomic mass is 9.83. The molecule has 1 aliphatic carbocycles. The maximum absolute atomic E-state index is 13.2. The van der Waals surface area contributed by atoms with Crippen LogP contribution in [0.1, 0.15) is 54.5 Å². The number of rotatable bonds is 6. The summed E-state index contributed by atoms with van der Waals surface area (Å²) in [7, 11) is 0. The van der Waals surface area contributed by atoms with E-state index in [9.17, 15) is 15.3 Å². The minimum Gasteiger partial charge on any atom is -0.463 e. The molecule has 1 atom stereocenters. The van der Waals surface area contributed by atoms with Crippen molar-refractivity contribution in [2.45, 2.75) is 50.0 Å². The summed E-state index contributed by atoms with van der Waals surface area (Å²) in [6.45, 7) is 1.87. The van der Waals surface area contributed by atoms with Crippen LogP contribution in [0.2, 0.25) is 5.02 Å². The summed E-state index contributed by atoms with van der Waals surface area (Å²) in [6.07, 6.45) is 5.10. The van der Waals surface area contributed by atoms with Crippen LogP contribution < -0.4 is 5.73 Å². The molecule has 0 unspecified atom stereocenters. The van der Waals surface area contributed by atoms with Gasteiger partial charge >= 0.3 is 5.97 Å². The van der Waals surface area contributed by atoms with Gasteiger partial charge < -0.3 is 15.2 Å². The van der Waals surface area contributed by atoms with Crippen molar-refractivity contribution >= 4 is 29.3 Å². The predicted molar refractivity (Wildman–Crippen MR) is 137 cm³/mol. The molecule has 2 aromatic rings. The van der Waals surface area contributed by atoms with Crippen LogP contribution >= 0.6 is 23.4 Å². The summed E-state index contributed by atoms with van der Waals surface area (Å²) in [5.74, 6) is -0.986. The molecule has 0 bridgehead atoms. The number of ether oxygens (including phenoxy) is 2. The van der Waals surface area contributed by atoms with Crippen LogP contribution in [0.3, 0.4) is 0 Å². The molecular weight excluding hydrogens is 496 g/mol. The molecule has 2 heterocycles. The van der Waals surface area contributed by atoms with Gasteiger partial charge in [0.05, 0.1) is 29.4 Å². The van der Waals surface area contributed by atoms with Crippen LogP contribution in [0, 0.1) is 22.7 Å². The number of hydrogen-bond donors (Lipinski definition) is 1. The number of nitrogens with zero attached hydrogens (tertiary/aromatic N) is 3. The summed E-state index contributed by atoms with van der Waals surface area (Å²) in [5, 5.41) is 20.7. The van der Waals surface area contributed by atoms with Crippen LogP contribution in [0.4, 0.5) is 0 Å². The van der Waals surface area contributed by atoms with Gasteiger partial charge in [0, 0.05) is 10.7 Å². The smallest absolute Gasteiger partial charge is 0.338 e. The Balaban J connectivity index is 1.75. The molecule has 2 N–H and O–H groups in total. The standard InChI is InChI=1S/C27H25ClN4O3S/c1-2-34-27(33)24-22(35-25(31)20(14-30)23(24)16-8-10-19(28)11-9-16)15-36-26-18(13-29)12-17-6-4-3-5-7-21(17)32-26/h8-12,23H,2-7,15,31H2,1H3/t23-/m0/s1. The quantitative estimate of drug-likeness (QED) is 0.309. The van der Waals surface area contributed by atoms with E-state index in [1.54, 1.807) is 31.2 Å². The zero-order valence-electron chi connectivity index (χ0n) is 19.8. The van der Waals surface area contributed by atoms with Gasteiger partial charge in [0.25, 0.3) is 0 Å². The molecule has 0 amide bonds. The van der Waals surface area contributed by atoms with Crippen molar-refractivity contribution < 1.29 is 14.3 Å². The Bertz CT molecular complexity index is 1320. The average molecular weight is 521 g/mol. The molecule has 1 aromatic carbocycles. The van der Waals surface area contributed by atoms with Gasteiger partial charge in [0.2, 0.25) is 5.88 Å². The largest absolute Gasteiger partial charge is 0.463 e. The van der Waals surface area contributed by atoms with E-state index in [1.165, 1.54) is 11.8 Å². The Morgan fingerprint density at radius 3 is 2.67 bits per heavy atom. The van der Waals surface area contributed by atoms with Gasteiger partial charge in [-0.2, -0.15) is 10.5 Å². The van der Waals surface area contributed by atoms with Crippen LogP contribution in [0.5, 0.6) is 0 Å². The fourth-order valence-corrected chi connectivity index (χ4v) is 5.50. The molecule has 9 heteroatoms. The number of halogens is 1. The highest BCUT2D eigenvalue weighted by Crippen LogP contribution is 2.41. The first-order valence-electron chi connectivity index (χ1n) is 11.8. The van der Waals surface area contributed by atoms with E-state index >= 15 is 0 Å². The van der Waals surface area contributed by atoms with E-state index in [1.807, 2.05) is 6.07 Å². The van der Waals surface area contributed by atoms with E-state index in [2.05, 4.69) is 12.1 Å². The molecule has 0 radical (unpaired) electrons. The van der Waals surface area contributed by atoms with Crippen molar-refractivity contribution in [2.24, 2.45) is 5.73 Å². The molecule has 0 fully saturated rings. The maximum Gasteiger partial charge on any atom is 0.338 e. The van der Waals surface area contributed by atoms with Gasteiger partial charge in [-0.05, 0) is 61.9 Å². The molecule has 0 saturated carbocycles. The average Bonchev–Trinajstić information content (AvgIpc) is 3.11. The third-order valence-corrected chi connectivity index (χ3v) is 7.41. The van der Waals surface area contributed by atoms with Crippen molar-refractivity contribution in [2.75, 3.05) is 12.4 Å². The van der Waals surface area contributed by atoms with E-state index in [4.69, 9.17) is 31.8 Å². The number of hydrogen-bond acceptors (Lipinski definition) is 8. The van der Waals surface area contributed by atoms with Crippen LogP contribution in [0.25, 0.3) is 0 Å². The van der Waals surface area contributed by atoms with Crippen molar-refractivity contribution in [3.05, 3.63) is 80.5 Å². The van der Waals surface area contributed by atoms with Crippen LogP contribution in [0.15, 0.2) is 58.1 Å². The molecule has 36 heavy (non-hydrogen) atoms. The second-order valence-corrected chi connectivity index (χ2v) is 9.84. The number of esters is 1. The fourth-order valence-electron chi connectivity index (χ4n) is 4.46. The van der Waals surface area contributed by atoms with Gasteiger partial charge in [-0.25, -0.2) is 9.78 Å². The highest BCUT2D eigenvalue weighted by Gasteiger charge is 2.37. The lowest BCUT2D eigenvalue weighted by Crippen LogP contribution is -2.27. The minimum absolute atomic E-state index is 0.0727. The van der Waals surface area contributed by atoms with Crippen LogP contribution in [-0.4, -0.2) is 23.3 Å². The third-order valence-electron chi connectivity index (χ3n) is 6.17. The second-order valence-electron chi connectivity index (χ2n) is 8.44. The summed E-state index contributed by atoms with van der Waals surface area (Å²) in [6, 6.07) is 13.1. The lowest BCUT2D eigenvalue weighted by molar-refractivity contribution is -0.139. The molecule has 0 saturated heterocycles. The molecule has 1 aromatic heterocycles. The molecule has 1 aliphatic heterocycles. The SMILES string of the molecule is CCOC(=O)C1=C(CSc2nc3c(cc2C#N)CCCCC3)OC(N)=C(C#N)[C@@H]1c1ccc(Cl)cc1. The summed E-state index contributed by atoms with van der Waals surface area (Å²) in [4.78, 5) is 18.0. The van der Waals surface area contributed by atoms with Crippen molar-refractivity contribution in [3.63, 3.8) is 0 Å². The first kappa shape index (κ1) is 25.6. The number of pyridine rings is 1. The maximum atomic E-state index is 13.2. The monoisotopic (exact) mass is 520 g/mol. The van der Waals surface area contributed by atoms with Crippen molar-refractivity contribution in [1.82, 2.24) is 4.98 Å².